The summed E-state index contributed by atoms with van der Waals surface area (Å²) in [7, 11) is 0. The van der Waals surface area contributed by atoms with Gasteiger partial charge in [-0.25, -0.2) is 4.79 Å². The van der Waals surface area contributed by atoms with E-state index in [1.807, 2.05) is 59.5 Å². The van der Waals surface area contributed by atoms with Crippen molar-refractivity contribution < 1.29 is 29.3 Å². The third kappa shape index (κ3) is 9.79. The topological polar surface area (TPSA) is 143 Å². The highest BCUT2D eigenvalue weighted by Crippen LogP contribution is 2.29. The molecule has 3 aromatic carbocycles. The average molecular weight is 658 g/mol. The number of nitrogens with zero attached hydrogens (tertiary/aromatic N) is 2. The molecule has 1 unspecified atom stereocenters. The van der Waals surface area contributed by atoms with Crippen molar-refractivity contribution in [2.75, 3.05) is 43.5 Å². The molecular formula is C37H47N5O6. The molecule has 5 N–H and O–H groups in total. The summed E-state index contributed by atoms with van der Waals surface area (Å²) in [6, 6.07) is 22.3. The molecule has 1 heterocycles. The molecule has 0 radical (unpaired) electrons. The van der Waals surface area contributed by atoms with E-state index in [4.69, 9.17) is 4.74 Å². The van der Waals surface area contributed by atoms with Crippen molar-refractivity contribution in [3.05, 3.63) is 78.4 Å². The predicted molar refractivity (Wildman–Crippen MR) is 185 cm³/mol. The number of likely N-dealkylation sites (tertiary alicyclic amines) is 1. The Morgan fingerprint density at radius 3 is 2.42 bits per heavy atom. The number of anilines is 2. The summed E-state index contributed by atoms with van der Waals surface area (Å²) in [4.78, 5) is 41.4. The number of aromatic hydroxyl groups is 1. The van der Waals surface area contributed by atoms with E-state index in [1.54, 1.807) is 6.07 Å². The third-order valence-corrected chi connectivity index (χ3v) is 9.27. The fraction of sp³-hybridized carbons (Fsp3) is 0.432. The maximum atomic E-state index is 13.5. The maximum absolute atomic E-state index is 13.5. The van der Waals surface area contributed by atoms with E-state index in [-0.39, 0.29) is 36.0 Å². The molecule has 11 nitrogen and oxygen atoms in total. The van der Waals surface area contributed by atoms with E-state index in [0.29, 0.717) is 50.1 Å². The zero-order valence-corrected chi connectivity index (χ0v) is 27.4. The molecular weight excluding hydrogens is 610 g/mol. The van der Waals surface area contributed by atoms with Crippen molar-refractivity contribution in [3.63, 3.8) is 0 Å². The van der Waals surface area contributed by atoms with Crippen LogP contribution in [0.5, 0.6) is 5.75 Å². The third-order valence-electron chi connectivity index (χ3n) is 9.27. The first kappa shape index (κ1) is 34.9. The van der Waals surface area contributed by atoms with Crippen LogP contribution in [-0.4, -0.2) is 83.4 Å². The van der Waals surface area contributed by atoms with Crippen LogP contribution in [0.15, 0.2) is 72.8 Å². The Morgan fingerprint density at radius 2 is 1.67 bits per heavy atom. The number of phenolic OH excluding ortho intramolecular Hbond substituents is 1. The lowest BCUT2D eigenvalue weighted by Gasteiger charge is -2.36. The van der Waals surface area contributed by atoms with E-state index in [0.717, 1.165) is 49.9 Å². The van der Waals surface area contributed by atoms with Crippen LogP contribution in [0.1, 0.15) is 63.0 Å². The molecule has 1 saturated carbocycles. The SMILES string of the molecule is O=CNc1cc(C(O)CNCN(C(=O)CCN2CCC(OC(=O)Nc3ccccc3-c3ccccc3)CC2)C2CCCCC2)ccc1O. The van der Waals surface area contributed by atoms with E-state index in [9.17, 15) is 24.6 Å². The second-order valence-corrected chi connectivity index (χ2v) is 12.6. The van der Waals surface area contributed by atoms with Gasteiger partial charge in [-0.05, 0) is 55.0 Å². The second-order valence-electron chi connectivity index (χ2n) is 12.6. The molecule has 256 valence electrons. The van der Waals surface area contributed by atoms with Crippen molar-refractivity contribution in [2.24, 2.45) is 0 Å². The molecule has 3 amide bonds. The number of para-hydroxylation sites is 1. The van der Waals surface area contributed by atoms with Gasteiger partial charge in [0.15, 0.2) is 0 Å². The summed E-state index contributed by atoms with van der Waals surface area (Å²) in [5.74, 6) is 0.00356. The van der Waals surface area contributed by atoms with Gasteiger partial charge in [0.05, 0.1) is 24.1 Å². The molecule has 3 aromatic rings. The quantitative estimate of drug-likeness (QED) is 0.0873. The molecule has 0 aromatic heterocycles. The highest BCUT2D eigenvalue weighted by molar-refractivity contribution is 5.91. The van der Waals surface area contributed by atoms with E-state index >= 15 is 0 Å². The highest BCUT2D eigenvalue weighted by Gasteiger charge is 2.27. The number of carbonyl (C=O) groups is 3. The van der Waals surface area contributed by atoms with Crippen molar-refractivity contribution in [1.82, 2.24) is 15.1 Å². The minimum absolute atomic E-state index is 0.0805. The maximum Gasteiger partial charge on any atom is 0.411 e. The van der Waals surface area contributed by atoms with Gasteiger partial charge in [0.25, 0.3) is 0 Å². The first-order chi connectivity index (χ1) is 23.4. The van der Waals surface area contributed by atoms with Gasteiger partial charge in [-0.3, -0.25) is 20.2 Å². The van der Waals surface area contributed by atoms with E-state index in [1.165, 1.54) is 18.6 Å². The monoisotopic (exact) mass is 657 g/mol. The number of amides is 3. The van der Waals surface area contributed by atoms with E-state index < -0.39 is 12.2 Å². The minimum Gasteiger partial charge on any atom is -0.506 e. The largest absolute Gasteiger partial charge is 0.506 e. The lowest BCUT2D eigenvalue weighted by atomic mass is 9.94. The number of phenols is 1. The van der Waals surface area contributed by atoms with Crippen molar-refractivity contribution in [1.29, 1.82) is 0 Å². The van der Waals surface area contributed by atoms with Gasteiger partial charge in [0, 0.05) is 44.2 Å². The molecule has 5 rings (SSSR count). The van der Waals surface area contributed by atoms with Gasteiger partial charge in [-0.15, -0.1) is 0 Å². The van der Waals surface area contributed by atoms with Crippen LogP contribution in [-0.2, 0) is 14.3 Å². The molecule has 1 aliphatic carbocycles. The van der Waals surface area contributed by atoms with Gasteiger partial charge in [0.1, 0.15) is 11.9 Å². The van der Waals surface area contributed by atoms with Gasteiger partial charge < -0.3 is 30.1 Å². The number of piperidine rings is 1. The van der Waals surface area contributed by atoms with Crippen molar-refractivity contribution >= 4 is 29.8 Å². The normalized spacial score (nSPS) is 16.5. The lowest BCUT2D eigenvalue weighted by Crippen LogP contribution is -2.48. The molecule has 0 bridgehead atoms. The smallest absolute Gasteiger partial charge is 0.411 e. The minimum atomic E-state index is -0.884. The molecule has 0 spiro atoms. The Balaban J connectivity index is 1.07. The number of ether oxygens (including phenoxy) is 1. The average Bonchev–Trinajstić information content (AvgIpc) is 3.11. The zero-order valence-electron chi connectivity index (χ0n) is 27.4. The van der Waals surface area contributed by atoms with Crippen LogP contribution >= 0.6 is 0 Å². The number of aliphatic hydroxyl groups is 1. The Labute approximate surface area is 282 Å². The van der Waals surface area contributed by atoms with Crippen LogP contribution < -0.4 is 16.0 Å². The molecule has 11 heteroatoms. The molecule has 1 aliphatic heterocycles. The summed E-state index contributed by atoms with van der Waals surface area (Å²) in [5.41, 5.74) is 3.43. The van der Waals surface area contributed by atoms with Gasteiger partial charge in [-0.2, -0.15) is 0 Å². The molecule has 2 fully saturated rings. The fourth-order valence-corrected chi connectivity index (χ4v) is 6.59. The molecule has 48 heavy (non-hydrogen) atoms. The number of carbonyl (C=O) groups excluding carboxylic acids is 3. The molecule has 2 aliphatic rings. The number of benzene rings is 3. The van der Waals surface area contributed by atoms with Crippen LogP contribution in [0.3, 0.4) is 0 Å². The second kappa shape index (κ2) is 17.6. The summed E-state index contributed by atoms with van der Waals surface area (Å²) in [6.07, 6.45) is 6.04. The lowest BCUT2D eigenvalue weighted by molar-refractivity contribution is -0.135. The molecule has 1 atom stereocenters. The van der Waals surface area contributed by atoms with Gasteiger partial charge >= 0.3 is 6.09 Å². The number of rotatable bonds is 14. The first-order valence-corrected chi connectivity index (χ1v) is 17.0. The highest BCUT2D eigenvalue weighted by atomic mass is 16.6. The van der Waals surface area contributed by atoms with Crippen molar-refractivity contribution in [2.45, 2.75) is 69.6 Å². The fourth-order valence-electron chi connectivity index (χ4n) is 6.59. The Hall–Kier alpha value is -4.45. The summed E-state index contributed by atoms with van der Waals surface area (Å²) in [5, 5.41) is 29.2. The standard InChI is InChI=1S/C37H47N5O6/c43-26-39-33-23-28(15-16-34(33)44)35(45)24-38-25-42(29-11-5-2-6-12-29)36(46)19-22-41-20-17-30(18-21-41)48-37(47)40-32-14-8-7-13-31(32)27-9-3-1-4-10-27/h1,3-4,7-10,13-16,23,26,29-30,35,38,44-45H,2,5-6,11-12,17-22,24-25H2,(H,39,43)(H,40,47). The van der Waals surface area contributed by atoms with Crippen LogP contribution in [0.2, 0.25) is 0 Å². The van der Waals surface area contributed by atoms with Crippen LogP contribution in [0.25, 0.3) is 11.1 Å². The predicted octanol–water partition coefficient (Wildman–Crippen LogP) is 5.47. The van der Waals surface area contributed by atoms with E-state index in [2.05, 4.69) is 20.9 Å². The molecule has 1 saturated heterocycles. The number of hydrogen-bond donors (Lipinski definition) is 5. The first-order valence-electron chi connectivity index (χ1n) is 17.0. The van der Waals surface area contributed by atoms with Crippen LogP contribution in [0, 0.1) is 0 Å². The summed E-state index contributed by atoms with van der Waals surface area (Å²) >= 11 is 0. The number of aliphatic hydroxyl groups excluding tert-OH is 1. The Kier molecular flexibility index (Phi) is 12.8. The number of nitrogens with one attached hydrogen (secondary N) is 3. The number of hydrogen-bond acceptors (Lipinski definition) is 8. The van der Waals surface area contributed by atoms with Crippen molar-refractivity contribution in [3.8, 4) is 16.9 Å². The van der Waals surface area contributed by atoms with Gasteiger partial charge in [-0.1, -0.05) is 73.9 Å². The van der Waals surface area contributed by atoms with Crippen LogP contribution in [0.4, 0.5) is 16.2 Å². The summed E-state index contributed by atoms with van der Waals surface area (Å²) in [6.45, 7) is 2.66. The Bertz CT molecular complexity index is 1490. The van der Waals surface area contributed by atoms with Gasteiger partial charge in [0.2, 0.25) is 12.3 Å². The zero-order chi connectivity index (χ0) is 33.7. The Morgan fingerprint density at radius 1 is 0.938 bits per heavy atom. The summed E-state index contributed by atoms with van der Waals surface area (Å²) < 4.78 is 5.79.